The molecule has 1 aliphatic rings. The van der Waals surface area contributed by atoms with Crippen molar-refractivity contribution < 1.29 is 0 Å². The molecule has 12 heavy (non-hydrogen) atoms. The third-order valence-corrected chi connectivity index (χ3v) is 2.49. The van der Waals surface area contributed by atoms with Crippen molar-refractivity contribution in [3.8, 4) is 0 Å². The third kappa shape index (κ3) is 3.37. The van der Waals surface area contributed by atoms with Crippen LogP contribution in [-0.2, 0) is 0 Å². The average Bonchev–Trinajstić information content (AvgIpc) is 2.03. The minimum Gasteiger partial charge on any atom is -0.328 e. The summed E-state index contributed by atoms with van der Waals surface area (Å²) in [5.74, 6) is 0. The van der Waals surface area contributed by atoms with E-state index in [-0.39, 0.29) is 0 Å². The first-order valence-corrected chi connectivity index (χ1v) is 4.81. The Hall–Kier alpha value is -0.340. The molecule has 0 radical (unpaired) electrons. The van der Waals surface area contributed by atoms with E-state index in [4.69, 9.17) is 5.73 Å². The smallest absolute Gasteiger partial charge is 0.00631 e. The van der Waals surface area contributed by atoms with Crippen LogP contribution in [0.1, 0.15) is 26.2 Å². The highest BCUT2D eigenvalue weighted by molar-refractivity contribution is 4.89. The maximum absolute atomic E-state index is 5.81. The Kier molecular flexibility index (Phi) is 3.76. The molecular weight excluding hydrogens is 148 g/mol. The van der Waals surface area contributed by atoms with Gasteiger partial charge in [-0.2, -0.15) is 0 Å². The minimum atomic E-state index is 0.450. The fraction of sp³-hybridized carbons (Fsp3) is 0.800. The number of likely N-dealkylation sites (tertiary alicyclic amines) is 1. The summed E-state index contributed by atoms with van der Waals surface area (Å²) < 4.78 is 0. The van der Waals surface area contributed by atoms with Gasteiger partial charge in [0.15, 0.2) is 0 Å². The second kappa shape index (κ2) is 4.63. The van der Waals surface area contributed by atoms with Gasteiger partial charge in [0.25, 0.3) is 0 Å². The van der Waals surface area contributed by atoms with E-state index in [2.05, 4.69) is 18.4 Å². The van der Waals surface area contributed by atoms with E-state index in [0.717, 1.165) is 19.3 Å². The quantitative estimate of drug-likeness (QED) is 0.645. The van der Waals surface area contributed by atoms with Crippen molar-refractivity contribution in [2.45, 2.75) is 32.2 Å². The van der Waals surface area contributed by atoms with E-state index in [1.807, 2.05) is 0 Å². The van der Waals surface area contributed by atoms with Crippen LogP contribution in [0, 0.1) is 0 Å². The first kappa shape index (κ1) is 9.75. The molecule has 2 nitrogen and oxygen atoms in total. The number of piperidine rings is 1. The average molecular weight is 168 g/mol. The second-order valence-electron chi connectivity index (χ2n) is 3.89. The number of nitrogens with zero attached hydrogens (tertiary/aromatic N) is 1. The predicted molar refractivity (Wildman–Crippen MR) is 53.1 cm³/mol. The lowest BCUT2D eigenvalue weighted by Crippen LogP contribution is -2.40. The SMILES string of the molecule is C=C(C)CCN1CCC(N)CC1. The van der Waals surface area contributed by atoms with E-state index < -0.39 is 0 Å². The summed E-state index contributed by atoms with van der Waals surface area (Å²) in [6.07, 6.45) is 3.46. The Morgan fingerprint density at radius 1 is 1.50 bits per heavy atom. The van der Waals surface area contributed by atoms with Gasteiger partial charge in [-0.15, -0.1) is 6.58 Å². The summed E-state index contributed by atoms with van der Waals surface area (Å²) >= 11 is 0. The lowest BCUT2D eigenvalue weighted by atomic mass is 10.1. The topological polar surface area (TPSA) is 29.3 Å². The molecule has 1 aliphatic heterocycles. The van der Waals surface area contributed by atoms with Gasteiger partial charge in [0.05, 0.1) is 0 Å². The Balaban J connectivity index is 2.13. The van der Waals surface area contributed by atoms with E-state index >= 15 is 0 Å². The normalized spacial score (nSPS) is 21.2. The molecule has 1 fully saturated rings. The van der Waals surface area contributed by atoms with E-state index in [0.29, 0.717) is 6.04 Å². The first-order chi connectivity index (χ1) is 5.68. The van der Waals surface area contributed by atoms with Crippen LogP contribution in [0.15, 0.2) is 12.2 Å². The zero-order valence-electron chi connectivity index (χ0n) is 8.05. The molecule has 0 unspecified atom stereocenters. The van der Waals surface area contributed by atoms with Crippen molar-refractivity contribution in [1.29, 1.82) is 0 Å². The van der Waals surface area contributed by atoms with E-state index in [9.17, 15) is 0 Å². The van der Waals surface area contributed by atoms with Crippen LogP contribution in [0.25, 0.3) is 0 Å². The van der Waals surface area contributed by atoms with Gasteiger partial charge in [-0.3, -0.25) is 0 Å². The van der Waals surface area contributed by atoms with Crippen molar-refractivity contribution >= 4 is 0 Å². The van der Waals surface area contributed by atoms with Gasteiger partial charge in [0.1, 0.15) is 0 Å². The molecule has 0 aromatic rings. The summed E-state index contributed by atoms with van der Waals surface area (Å²) in [5, 5.41) is 0. The highest BCUT2D eigenvalue weighted by atomic mass is 15.1. The van der Waals surface area contributed by atoms with Gasteiger partial charge in [0.2, 0.25) is 0 Å². The maximum Gasteiger partial charge on any atom is 0.00631 e. The van der Waals surface area contributed by atoms with Crippen LogP contribution in [0.3, 0.4) is 0 Å². The number of nitrogens with two attached hydrogens (primary N) is 1. The Bertz CT molecular complexity index is 146. The van der Waals surface area contributed by atoms with Crippen molar-refractivity contribution in [2.24, 2.45) is 5.73 Å². The molecule has 70 valence electrons. The molecule has 1 saturated heterocycles. The summed E-state index contributed by atoms with van der Waals surface area (Å²) in [5.41, 5.74) is 7.09. The molecule has 0 aromatic carbocycles. The highest BCUT2D eigenvalue weighted by Gasteiger charge is 2.14. The summed E-state index contributed by atoms with van der Waals surface area (Å²) in [6.45, 7) is 9.51. The van der Waals surface area contributed by atoms with Gasteiger partial charge in [-0.1, -0.05) is 5.57 Å². The van der Waals surface area contributed by atoms with Gasteiger partial charge < -0.3 is 10.6 Å². The Morgan fingerprint density at radius 3 is 2.58 bits per heavy atom. The fourth-order valence-corrected chi connectivity index (χ4v) is 1.53. The van der Waals surface area contributed by atoms with E-state index in [1.165, 1.54) is 25.2 Å². The number of rotatable bonds is 3. The van der Waals surface area contributed by atoms with Crippen LogP contribution >= 0.6 is 0 Å². The second-order valence-corrected chi connectivity index (χ2v) is 3.89. The summed E-state index contributed by atoms with van der Waals surface area (Å²) in [6, 6.07) is 0.450. The lowest BCUT2D eigenvalue weighted by molar-refractivity contribution is 0.215. The highest BCUT2D eigenvalue weighted by Crippen LogP contribution is 2.09. The first-order valence-electron chi connectivity index (χ1n) is 4.81. The Morgan fingerprint density at radius 2 is 2.08 bits per heavy atom. The van der Waals surface area contributed by atoms with E-state index in [1.54, 1.807) is 0 Å². The molecule has 0 amide bonds. The van der Waals surface area contributed by atoms with Crippen LogP contribution < -0.4 is 5.73 Å². The summed E-state index contributed by atoms with van der Waals surface area (Å²) in [4.78, 5) is 2.48. The van der Waals surface area contributed by atoms with Crippen molar-refractivity contribution in [2.75, 3.05) is 19.6 Å². The fourth-order valence-electron chi connectivity index (χ4n) is 1.53. The third-order valence-electron chi connectivity index (χ3n) is 2.49. The molecule has 1 rings (SSSR count). The molecule has 0 saturated carbocycles. The Labute approximate surface area is 75.4 Å². The molecule has 2 N–H and O–H groups in total. The zero-order chi connectivity index (χ0) is 8.97. The standard InChI is InChI=1S/C10H20N2/c1-9(2)3-6-12-7-4-10(11)5-8-12/h10H,1,3-8,11H2,2H3. The minimum absolute atomic E-state index is 0.450. The molecule has 0 bridgehead atoms. The van der Waals surface area contributed by atoms with Crippen LogP contribution in [0.4, 0.5) is 0 Å². The predicted octanol–water partition coefficient (Wildman–Crippen LogP) is 1.38. The van der Waals surface area contributed by atoms with Crippen molar-refractivity contribution in [3.05, 3.63) is 12.2 Å². The van der Waals surface area contributed by atoms with Gasteiger partial charge in [-0.25, -0.2) is 0 Å². The lowest BCUT2D eigenvalue weighted by Gasteiger charge is -2.29. The molecule has 0 aromatic heterocycles. The summed E-state index contributed by atoms with van der Waals surface area (Å²) in [7, 11) is 0. The molecule has 0 spiro atoms. The van der Waals surface area contributed by atoms with Crippen molar-refractivity contribution in [1.82, 2.24) is 4.90 Å². The largest absolute Gasteiger partial charge is 0.328 e. The van der Waals surface area contributed by atoms with Crippen LogP contribution in [0.2, 0.25) is 0 Å². The number of hydrogen-bond donors (Lipinski definition) is 1. The monoisotopic (exact) mass is 168 g/mol. The molecule has 2 heteroatoms. The molecular formula is C10H20N2. The molecule has 0 aliphatic carbocycles. The number of hydrogen-bond acceptors (Lipinski definition) is 2. The van der Waals surface area contributed by atoms with Crippen LogP contribution in [-0.4, -0.2) is 30.6 Å². The zero-order valence-corrected chi connectivity index (χ0v) is 8.05. The molecule has 1 heterocycles. The van der Waals surface area contributed by atoms with Gasteiger partial charge in [0, 0.05) is 12.6 Å². The maximum atomic E-state index is 5.81. The van der Waals surface area contributed by atoms with Gasteiger partial charge >= 0.3 is 0 Å². The van der Waals surface area contributed by atoms with Gasteiger partial charge in [-0.05, 0) is 39.3 Å². The van der Waals surface area contributed by atoms with Crippen molar-refractivity contribution in [3.63, 3.8) is 0 Å². The molecule has 0 atom stereocenters. The van der Waals surface area contributed by atoms with Crippen LogP contribution in [0.5, 0.6) is 0 Å².